The quantitative estimate of drug-likeness (QED) is 0.588. The molecule has 2 aromatic rings. The second kappa shape index (κ2) is 8.17. The zero-order valence-electron chi connectivity index (χ0n) is 16.7. The molecule has 0 atom stereocenters. The lowest BCUT2D eigenvalue weighted by Gasteiger charge is -2.27. The van der Waals surface area contributed by atoms with Crippen molar-refractivity contribution in [2.75, 3.05) is 26.9 Å². The number of hydrogen-bond acceptors (Lipinski definition) is 5. The highest BCUT2D eigenvalue weighted by Crippen LogP contribution is 2.36. The van der Waals surface area contributed by atoms with Crippen LogP contribution >= 0.6 is 11.3 Å². The minimum atomic E-state index is -0.0812. The molecule has 1 aliphatic heterocycles. The lowest BCUT2D eigenvalue weighted by Crippen LogP contribution is -2.44. The third kappa shape index (κ3) is 4.71. The van der Waals surface area contributed by atoms with E-state index in [0.29, 0.717) is 6.79 Å². The fraction of sp³-hybridized carbons (Fsp3) is 0.500. The van der Waals surface area contributed by atoms with Crippen LogP contribution in [0.5, 0.6) is 11.5 Å². The Labute approximate surface area is 165 Å². The third-order valence-electron chi connectivity index (χ3n) is 4.78. The van der Waals surface area contributed by atoms with E-state index >= 15 is 0 Å². The van der Waals surface area contributed by atoms with Crippen molar-refractivity contribution in [3.05, 3.63) is 39.3 Å². The van der Waals surface area contributed by atoms with Crippen molar-refractivity contribution in [1.82, 2.24) is 15.6 Å². The highest BCUT2D eigenvalue weighted by Gasteiger charge is 2.24. The molecule has 7 heteroatoms. The summed E-state index contributed by atoms with van der Waals surface area (Å²) in [6, 6.07) is 6.14. The van der Waals surface area contributed by atoms with E-state index in [9.17, 15) is 0 Å². The number of nitrogens with one attached hydrogen (secondary N) is 2. The van der Waals surface area contributed by atoms with Crippen LogP contribution in [0.1, 0.15) is 35.0 Å². The van der Waals surface area contributed by atoms with Crippen LogP contribution in [0.15, 0.2) is 23.2 Å². The molecule has 3 rings (SSSR count). The molecule has 0 radical (unpaired) electrons. The average Bonchev–Trinajstić information content (AvgIpc) is 3.23. The standard InChI is InChI=1S/C20H28N4O2S/c1-13-14(2)27-18(24-13)8-9-22-19(21-5)23-11-20(3,4)15-6-7-16-17(10-15)26-12-25-16/h6-7,10H,8-9,11-12H2,1-5H3,(H2,21,22,23). The van der Waals surface area contributed by atoms with Gasteiger partial charge < -0.3 is 20.1 Å². The molecule has 1 aliphatic rings. The summed E-state index contributed by atoms with van der Waals surface area (Å²) in [6.07, 6.45) is 0.894. The molecule has 0 saturated carbocycles. The van der Waals surface area contributed by atoms with Gasteiger partial charge in [0.1, 0.15) is 0 Å². The molecular formula is C20H28N4O2S. The largest absolute Gasteiger partial charge is 0.454 e. The predicted molar refractivity (Wildman–Crippen MR) is 110 cm³/mol. The second-order valence-electron chi connectivity index (χ2n) is 7.30. The van der Waals surface area contributed by atoms with Gasteiger partial charge in [0, 0.05) is 36.9 Å². The number of aliphatic imine (C=N–C) groups is 1. The zero-order valence-corrected chi connectivity index (χ0v) is 17.5. The van der Waals surface area contributed by atoms with Gasteiger partial charge in [-0.2, -0.15) is 0 Å². The van der Waals surface area contributed by atoms with Gasteiger partial charge in [-0.05, 0) is 31.5 Å². The van der Waals surface area contributed by atoms with Crippen LogP contribution in [0, 0.1) is 13.8 Å². The fourth-order valence-electron chi connectivity index (χ4n) is 2.88. The first-order valence-corrected chi connectivity index (χ1v) is 9.98. The Bertz CT molecular complexity index is 810. The van der Waals surface area contributed by atoms with E-state index in [-0.39, 0.29) is 5.41 Å². The van der Waals surface area contributed by atoms with E-state index in [2.05, 4.69) is 60.4 Å². The van der Waals surface area contributed by atoms with Crippen LogP contribution in [0.2, 0.25) is 0 Å². The minimum Gasteiger partial charge on any atom is -0.454 e. The first-order chi connectivity index (χ1) is 12.9. The van der Waals surface area contributed by atoms with E-state index in [0.717, 1.165) is 47.7 Å². The summed E-state index contributed by atoms with van der Waals surface area (Å²) in [7, 11) is 1.79. The summed E-state index contributed by atoms with van der Waals surface area (Å²) in [6.45, 7) is 10.4. The topological polar surface area (TPSA) is 67.8 Å². The maximum absolute atomic E-state index is 5.50. The molecule has 1 aromatic carbocycles. The molecule has 6 nitrogen and oxygen atoms in total. The molecule has 0 bridgehead atoms. The number of nitrogens with zero attached hydrogens (tertiary/aromatic N) is 2. The number of hydrogen-bond donors (Lipinski definition) is 2. The van der Waals surface area contributed by atoms with Crippen molar-refractivity contribution in [3.63, 3.8) is 0 Å². The van der Waals surface area contributed by atoms with Crippen LogP contribution in [0.3, 0.4) is 0 Å². The van der Waals surface area contributed by atoms with Crippen molar-refractivity contribution in [3.8, 4) is 11.5 Å². The molecule has 0 fully saturated rings. The number of aryl methyl sites for hydroxylation is 2. The molecule has 2 N–H and O–H groups in total. The second-order valence-corrected chi connectivity index (χ2v) is 8.59. The third-order valence-corrected chi connectivity index (χ3v) is 5.91. The monoisotopic (exact) mass is 388 g/mol. The molecule has 0 amide bonds. The Morgan fingerprint density at radius 1 is 1.22 bits per heavy atom. The van der Waals surface area contributed by atoms with Crippen molar-refractivity contribution < 1.29 is 9.47 Å². The summed E-state index contributed by atoms with van der Waals surface area (Å²) in [5, 5.41) is 7.96. The Balaban J connectivity index is 1.52. The van der Waals surface area contributed by atoms with Gasteiger partial charge in [0.25, 0.3) is 0 Å². The number of thiazole rings is 1. The van der Waals surface area contributed by atoms with Crippen LogP contribution in [-0.2, 0) is 11.8 Å². The first-order valence-electron chi connectivity index (χ1n) is 9.16. The predicted octanol–water partition coefficient (Wildman–Crippen LogP) is 3.17. The normalized spacial score (nSPS) is 13.7. The van der Waals surface area contributed by atoms with Crippen LogP contribution in [0.25, 0.3) is 0 Å². The van der Waals surface area contributed by atoms with Crippen LogP contribution < -0.4 is 20.1 Å². The molecule has 27 heavy (non-hydrogen) atoms. The summed E-state index contributed by atoms with van der Waals surface area (Å²) >= 11 is 1.76. The molecule has 2 heterocycles. The zero-order chi connectivity index (χ0) is 19.4. The van der Waals surface area contributed by atoms with Crippen molar-refractivity contribution in [2.24, 2.45) is 4.99 Å². The van der Waals surface area contributed by atoms with Gasteiger partial charge in [0.05, 0.1) is 10.7 Å². The average molecular weight is 389 g/mol. The Kier molecular flexibility index (Phi) is 5.89. The summed E-state index contributed by atoms with van der Waals surface area (Å²) in [5.74, 6) is 2.43. The van der Waals surface area contributed by atoms with Gasteiger partial charge in [-0.15, -0.1) is 11.3 Å². The van der Waals surface area contributed by atoms with Gasteiger partial charge in [0.2, 0.25) is 6.79 Å². The van der Waals surface area contributed by atoms with Crippen molar-refractivity contribution in [2.45, 2.75) is 39.5 Å². The maximum Gasteiger partial charge on any atom is 0.231 e. The van der Waals surface area contributed by atoms with Gasteiger partial charge >= 0.3 is 0 Å². The SMILES string of the molecule is CN=C(NCCc1nc(C)c(C)s1)NCC(C)(C)c1ccc2c(c1)OCO2. The Hall–Kier alpha value is -2.28. The molecule has 0 spiro atoms. The van der Waals surface area contributed by atoms with E-state index in [1.54, 1.807) is 18.4 Å². The lowest BCUT2D eigenvalue weighted by molar-refractivity contribution is 0.174. The number of ether oxygens (including phenoxy) is 2. The minimum absolute atomic E-state index is 0.0812. The van der Waals surface area contributed by atoms with E-state index in [1.165, 1.54) is 10.4 Å². The van der Waals surface area contributed by atoms with E-state index in [4.69, 9.17) is 9.47 Å². The number of benzene rings is 1. The molecule has 0 unspecified atom stereocenters. The maximum atomic E-state index is 5.50. The fourth-order valence-corrected chi connectivity index (χ4v) is 3.81. The number of rotatable bonds is 6. The number of aromatic nitrogens is 1. The van der Waals surface area contributed by atoms with E-state index < -0.39 is 0 Å². The van der Waals surface area contributed by atoms with Gasteiger partial charge in [-0.25, -0.2) is 4.98 Å². The highest BCUT2D eigenvalue weighted by molar-refractivity contribution is 7.11. The highest BCUT2D eigenvalue weighted by atomic mass is 32.1. The number of fused-ring (bicyclic) bond motifs is 1. The Morgan fingerprint density at radius 3 is 2.70 bits per heavy atom. The van der Waals surface area contributed by atoms with Gasteiger partial charge in [-0.1, -0.05) is 19.9 Å². The number of guanidine groups is 1. The molecule has 146 valence electrons. The summed E-state index contributed by atoms with van der Waals surface area (Å²) in [4.78, 5) is 10.2. The molecule has 0 saturated heterocycles. The van der Waals surface area contributed by atoms with Crippen molar-refractivity contribution in [1.29, 1.82) is 0 Å². The lowest BCUT2D eigenvalue weighted by atomic mass is 9.84. The van der Waals surface area contributed by atoms with Gasteiger partial charge in [0.15, 0.2) is 17.5 Å². The van der Waals surface area contributed by atoms with Crippen molar-refractivity contribution >= 4 is 17.3 Å². The molecule has 1 aromatic heterocycles. The molecule has 0 aliphatic carbocycles. The van der Waals surface area contributed by atoms with Gasteiger partial charge in [-0.3, -0.25) is 4.99 Å². The van der Waals surface area contributed by atoms with Crippen LogP contribution in [0.4, 0.5) is 0 Å². The first kappa shape index (κ1) is 19.5. The van der Waals surface area contributed by atoms with Crippen LogP contribution in [-0.4, -0.2) is 37.9 Å². The molecular weight excluding hydrogens is 360 g/mol. The van der Waals surface area contributed by atoms with E-state index in [1.807, 2.05) is 6.07 Å². The summed E-state index contributed by atoms with van der Waals surface area (Å²) < 4.78 is 10.9. The Morgan fingerprint density at radius 2 is 2.00 bits per heavy atom. The smallest absolute Gasteiger partial charge is 0.231 e. The summed E-state index contributed by atoms with van der Waals surface area (Å²) in [5.41, 5.74) is 2.24.